The molecule has 4 rings (SSSR count). The van der Waals surface area contributed by atoms with E-state index in [1.165, 1.54) is 11.1 Å². The number of aliphatic hydroxyl groups is 1. The average Bonchev–Trinajstić information content (AvgIpc) is 2.93. The molecule has 0 amide bonds. The SMILES string of the molecule is COc1ccc(CN2CCc3nc(-c4ccccn4)nc(NC(C)C)c3C2)cc1.O=C(O)CC(O)(CC(=O)O)C(=O)O. The van der Waals surface area contributed by atoms with Gasteiger partial charge in [-0.25, -0.2) is 14.8 Å². The van der Waals surface area contributed by atoms with Crippen LogP contribution in [0.4, 0.5) is 5.82 Å². The summed E-state index contributed by atoms with van der Waals surface area (Å²) in [6.07, 6.45) is 0.397. The Morgan fingerprint density at radius 3 is 2.21 bits per heavy atom. The molecule has 2 aromatic heterocycles. The largest absolute Gasteiger partial charge is 0.497 e. The minimum Gasteiger partial charge on any atom is -0.497 e. The van der Waals surface area contributed by atoms with Gasteiger partial charge in [-0.3, -0.25) is 19.5 Å². The van der Waals surface area contributed by atoms with Crippen molar-refractivity contribution in [2.75, 3.05) is 19.0 Å². The molecule has 3 heterocycles. The number of rotatable bonds is 11. The van der Waals surface area contributed by atoms with Crippen molar-refractivity contribution in [3.63, 3.8) is 0 Å². The van der Waals surface area contributed by atoms with Crippen molar-refractivity contribution in [3.05, 3.63) is 65.5 Å². The number of fused-ring (bicyclic) bond motifs is 1. The van der Waals surface area contributed by atoms with E-state index in [1.54, 1.807) is 13.3 Å². The van der Waals surface area contributed by atoms with E-state index in [0.717, 1.165) is 49.0 Å². The van der Waals surface area contributed by atoms with Gasteiger partial charge in [-0.15, -0.1) is 0 Å². The molecule has 13 heteroatoms. The van der Waals surface area contributed by atoms with E-state index >= 15 is 0 Å². The molecule has 224 valence electrons. The fraction of sp³-hybridized carbons (Fsp3) is 0.379. The molecule has 1 aliphatic rings. The molecule has 3 aromatic rings. The lowest BCUT2D eigenvalue weighted by Gasteiger charge is -2.30. The van der Waals surface area contributed by atoms with Gasteiger partial charge in [0.25, 0.3) is 0 Å². The van der Waals surface area contributed by atoms with E-state index in [9.17, 15) is 14.4 Å². The summed E-state index contributed by atoms with van der Waals surface area (Å²) in [6.45, 7) is 6.96. The fourth-order valence-corrected chi connectivity index (χ4v) is 4.31. The van der Waals surface area contributed by atoms with Gasteiger partial charge in [-0.1, -0.05) is 18.2 Å². The second-order valence-corrected chi connectivity index (χ2v) is 10.1. The van der Waals surface area contributed by atoms with Crippen LogP contribution in [0.1, 0.15) is 43.5 Å². The van der Waals surface area contributed by atoms with Gasteiger partial charge in [0.15, 0.2) is 11.4 Å². The summed E-state index contributed by atoms with van der Waals surface area (Å²) in [6, 6.07) is 14.4. The highest BCUT2D eigenvalue weighted by molar-refractivity contribution is 5.88. The summed E-state index contributed by atoms with van der Waals surface area (Å²) in [4.78, 5) is 47.0. The van der Waals surface area contributed by atoms with Gasteiger partial charge in [0.05, 0.1) is 25.6 Å². The standard InChI is InChI=1S/C23H27N5O.C6H8O7/c1-16(2)25-22-19-15-28(14-17-7-9-18(29-3)10-8-17)13-11-20(19)26-23(27-22)21-6-4-5-12-24-21;7-3(8)1-6(13,5(11)12)2-4(9)10/h4-10,12,16H,11,13-15H2,1-3H3,(H,25,26,27);13H,1-2H2,(H,7,8)(H,9,10)(H,11,12). The number of ether oxygens (including phenoxy) is 1. The van der Waals surface area contributed by atoms with Gasteiger partial charge in [-0.2, -0.15) is 0 Å². The zero-order valence-electron chi connectivity index (χ0n) is 23.6. The molecule has 0 aliphatic carbocycles. The Morgan fingerprint density at radius 1 is 1.02 bits per heavy atom. The number of pyridine rings is 1. The van der Waals surface area contributed by atoms with Crippen LogP contribution < -0.4 is 10.1 Å². The predicted octanol–water partition coefficient (Wildman–Crippen LogP) is 2.68. The fourth-order valence-electron chi connectivity index (χ4n) is 4.31. The van der Waals surface area contributed by atoms with Crippen molar-refractivity contribution in [3.8, 4) is 17.3 Å². The van der Waals surface area contributed by atoms with Gasteiger partial charge < -0.3 is 30.5 Å². The van der Waals surface area contributed by atoms with E-state index in [0.29, 0.717) is 11.9 Å². The Balaban J connectivity index is 0.000000316. The Kier molecular flexibility index (Phi) is 10.9. The maximum atomic E-state index is 10.3. The molecule has 0 radical (unpaired) electrons. The first-order valence-corrected chi connectivity index (χ1v) is 13.2. The molecule has 0 spiro atoms. The van der Waals surface area contributed by atoms with Gasteiger partial charge in [0, 0.05) is 43.9 Å². The van der Waals surface area contributed by atoms with Gasteiger partial charge in [0.1, 0.15) is 17.3 Å². The molecule has 0 saturated carbocycles. The molecular weight excluding hydrogens is 546 g/mol. The molecular formula is C29H35N5O8. The molecule has 0 atom stereocenters. The first-order chi connectivity index (χ1) is 19.9. The van der Waals surface area contributed by atoms with Crippen LogP contribution in [-0.4, -0.2) is 83.5 Å². The van der Waals surface area contributed by atoms with Crippen LogP contribution in [0.3, 0.4) is 0 Å². The number of aromatic nitrogens is 3. The van der Waals surface area contributed by atoms with Crippen molar-refractivity contribution < 1.29 is 39.5 Å². The average molecular weight is 582 g/mol. The molecule has 13 nitrogen and oxygen atoms in total. The van der Waals surface area contributed by atoms with Crippen LogP contribution in [0.15, 0.2) is 48.7 Å². The highest BCUT2D eigenvalue weighted by Gasteiger charge is 2.40. The maximum Gasteiger partial charge on any atom is 0.336 e. The number of carboxylic acids is 3. The third kappa shape index (κ3) is 8.94. The van der Waals surface area contributed by atoms with Crippen LogP contribution in [-0.2, 0) is 33.9 Å². The van der Waals surface area contributed by atoms with E-state index < -0.39 is 36.4 Å². The summed E-state index contributed by atoms with van der Waals surface area (Å²) >= 11 is 0. The van der Waals surface area contributed by atoms with Crippen molar-refractivity contribution in [1.82, 2.24) is 19.9 Å². The number of nitrogens with one attached hydrogen (secondary N) is 1. The quantitative estimate of drug-likeness (QED) is 0.222. The number of carboxylic acid groups (broad SMARTS) is 3. The molecule has 1 aromatic carbocycles. The summed E-state index contributed by atoms with van der Waals surface area (Å²) < 4.78 is 5.26. The van der Waals surface area contributed by atoms with E-state index in [-0.39, 0.29) is 0 Å². The highest BCUT2D eigenvalue weighted by atomic mass is 16.5. The number of benzene rings is 1. The lowest BCUT2D eigenvalue weighted by Crippen LogP contribution is -2.42. The number of hydrogen-bond acceptors (Lipinski definition) is 10. The minimum absolute atomic E-state index is 0.294. The molecule has 1 aliphatic heterocycles. The van der Waals surface area contributed by atoms with E-state index in [2.05, 4.69) is 41.2 Å². The number of hydrogen-bond donors (Lipinski definition) is 5. The summed E-state index contributed by atoms with van der Waals surface area (Å²) in [5.41, 5.74) is 1.66. The Morgan fingerprint density at radius 2 is 1.69 bits per heavy atom. The Labute approximate surface area is 242 Å². The second kappa shape index (κ2) is 14.3. The first-order valence-electron chi connectivity index (χ1n) is 13.2. The Bertz CT molecular complexity index is 1370. The normalized spacial score (nSPS) is 13.0. The molecule has 0 saturated heterocycles. The minimum atomic E-state index is -2.74. The topological polar surface area (TPSA) is 195 Å². The van der Waals surface area contributed by atoms with Crippen LogP contribution in [0.2, 0.25) is 0 Å². The summed E-state index contributed by atoms with van der Waals surface area (Å²) in [5, 5.41) is 37.3. The number of methoxy groups -OCH3 is 1. The monoisotopic (exact) mass is 581 g/mol. The molecule has 42 heavy (non-hydrogen) atoms. The molecule has 0 bridgehead atoms. The van der Waals surface area contributed by atoms with Crippen LogP contribution >= 0.6 is 0 Å². The van der Waals surface area contributed by atoms with Crippen LogP contribution in [0.5, 0.6) is 5.75 Å². The van der Waals surface area contributed by atoms with E-state index in [1.807, 2.05) is 30.3 Å². The Hall–Kier alpha value is -4.62. The highest BCUT2D eigenvalue weighted by Crippen LogP contribution is 2.28. The summed E-state index contributed by atoms with van der Waals surface area (Å²) in [5.74, 6) is -2.52. The molecule has 0 fully saturated rings. The van der Waals surface area contributed by atoms with Crippen molar-refractivity contribution in [2.24, 2.45) is 0 Å². The van der Waals surface area contributed by atoms with Crippen molar-refractivity contribution >= 4 is 23.7 Å². The zero-order valence-corrected chi connectivity index (χ0v) is 23.6. The number of aliphatic carboxylic acids is 3. The van der Waals surface area contributed by atoms with Crippen molar-refractivity contribution in [2.45, 2.75) is 57.8 Å². The van der Waals surface area contributed by atoms with Gasteiger partial charge in [-0.05, 0) is 43.7 Å². The summed E-state index contributed by atoms with van der Waals surface area (Å²) in [7, 11) is 1.69. The zero-order chi connectivity index (χ0) is 30.9. The van der Waals surface area contributed by atoms with Crippen molar-refractivity contribution in [1.29, 1.82) is 0 Å². The molecule has 5 N–H and O–H groups in total. The predicted molar refractivity (Wildman–Crippen MR) is 152 cm³/mol. The third-order valence-electron chi connectivity index (χ3n) is 6.31. The maximum absolute atomic E-state index is 10.3. The van der Waals surface area contributed by atoms with Crippen LogP contribution in [0, 0.1) is 0 Å². The second-order valence-electron chi connectivity index (χ2n) is 10.1. The number of nitrogens with zero attached hydrogens (tertiary/aromatic N) is 4. The molecule has 0 unspecified atom stereocenters. The number of anilines is 1. The van der Waals surface area contributed by atoms with Crippen LogP contribution in [0.25, 0.3) is 11.5 Å². The lowest BCUT2D eigenvalue weighted by atomic mass is 9.96. The van der Waals surface area contributed by atoms with Gasteiger partial charge >= 0.3 is 17.9 Å². The first kappa shape index (κ1) is 31.9. The smallest absolute Gasteiger partial charge is 0.336 e. The number of carbonyl (C=O) groups is 3. The van der Waals surface area contributed by atoms with Gasteiger partial charge in [0.2, 0.25) is 0 Å². The lowest BCUT2D eigenvalue weighted by molar-refractivity contribution is -0.170. The van der Waals surface area contributed by atoms with E-state index in [4.69, 9.17) is 35.1 Å². The third-order valence-corrected chi connectivity index (χ3v) is 6.31.